The maximum absolute atomic E-state index is 6.37. The van der Waals surface area contributed by atoms with Crippen LogP contribution < -0.4 is 5.73 Å². The highest BCUT2D eigenvalue weighted by molar-refractivity contribution is 4.93. The van der Waals surface area contributed by atoms with Crippen LogP contribution in [-0.2, 0) is 9.47 Å². The van der Waals surface area contributed by atoms with Crippen molar-refractivity contribution < 1.29 is 9.47 Å². The maximum Gasteiger partial charge on any atom is 0.0597 e. The minimum absolute atomic E-state index is 0.238. The second-order valence-corrected chi connectivity index (χ2v) is 5.18. The zero-order valence-corrected chi connectivity index (χ0v) is 9.98. The van der Waals surface area contributed by atoms with Crippen molar-refractivity contribution >= 4 is 0 Å². The van der Waals surface area contributed by atoms with Crippen molar-refractivity contribution in [2.75, 3.05) is 13.2 Å². The molecule has 15 heavy (non-hydrogen) atoms. The Morgan fingerprint density at radius 2 is 1.93 bits per heavy atom. The summed E-state index contributed by atoms with van der Waals surface area (Å²) >= 11 is 0. The van der Waals surface area contributed by atoms with Gasteiger partial charge in [-0.2, -0.15) is 0 Å². The number of hydrogen-bond acceptors (Lipinski definition) is 3. The van der Waals surface area contributed by atoms with Crippen molar-refractivity contribution in [1.29, 1.82) is 0 Å². The predicted octanol–water partition coefficient (Wildman–Crippen LogP) is 1.41. The van der Waals surface area contributed by atoms with Crippen molar-refractivity contribution in [3.05, 3.63) is 0 Å². The zero-order chi connectivity index (χ0) is 11.0. The van der Waals surface area contributed by atoms with E-state index in [2.05, 4.69) is 20.8 Å². The third-order valence-electron chi connectivity index (χ3n) is 4.27. The largest absolute Gasteiger partial charge is 0.381 e. The molecule has 0 aliphatic carbocycles. The highest BCUT2D eigenvalue weighted by atomic mass is 16.5. The monoisotopic (exact) mass is 213 g/mol. The summed E-state index contributed by atoms with van der Waals surface area (Å²) in [6.07, 6.45) is 1.76. The number of ether oxygens (including phenoxy) is 2. The summed E-state index contributed by atoms with van der Waals surface area (Å²) < 4.78 is 11.3. The molecule has 0 amide bonds. The number of rotatable bonds is 2. The first-order chi connectivity index (χ1) is 7.11. The van der Waals surface area contributed by atoms with Crippen LogP contribution in [0.15, 0.2) is 0 Å². The second-order valence-electron chi connectivity index (χ2n) is 5.18. The van der Waals surface area contributed by atoms with E-state index in [1.165, 1.54) is 0 Å². The summed E-state index contributed by atoms with van der Waals surface area (Å²) in [4.78, 5) is 0. The highest BCUT2D eigenvalue weighted by Gasteiger charge is 2.43. The molecular weight excluding hydrogens is 190 g/mol. The molecule has 88 valence electrons. The quantitative estimate of drug-likeness (QED) is 0.754. The molecule has 0 saturated carbocycles. The Kier molecular flexibility index (Phi) is 3.33. The molecule has 2 fully saturated rings. The van der Waals surface area contributed by atoms with Gasteiger partial charge in [-0.3, -0.25) is 0 Å². The standard InChI is InChI=1S/C12H23NO2/c1-7-8(2)15-9(3)11(7)12(13)10-4-5-14-6-10/h7-12H,4-6,13H2,1-3H3. The van der Waals surface area contributed by atoms with Crippen LogP contribution >= 0.6 is 0 Å². The first-order valence-corrected chi connectivity index (χ1v) is 6.10. The SMILES string of the molecule is CC1OC(C)C(C(N)C2CCOC2)C1C. The number of hydrogen-bond donors (Lipinski definition) is 1. The predicted molar refractivity (Wildman–Crippen MR) is 59.6 cm³/mol. The third-order valence-corrected chi connectivity index (χ3v) is 4.27. The molecule has 0 aromatic carbocycles. The van der Waals surface area contributed by atoms with Gasteiger partial charge in [0.1, 0.15) is 0 Å². The van der Waals surface area contributed by atoms with Crippen molar-refractivity contribution in [3.63, 3.8) is 0 Å². The lowest BCUT2D eigenvalue weighted by Gasteiger charge is -2.29. The van der Waals surface area contributed by atoms with Gasteiger partial charge in [0.15, 0.2) is 0 Å². The lowest BCUT2D eigenvalue weighted by Crippen LogP contribution is -2.43. The first kappa shape index (κ1) is 11.4. The van der Waals surface area contributed by atoms with E-state index in [1.807, 2.05) is 0 Å². The van der Waals surface area contributed by atoms with Crippen molar-refractivity contribution in [2.24, 2.45) is 23.5 Å². The fraction of sp³-hybridized carbons (Fsp3) is 1.00. The van der Waals surface area contributed by atoms with Crippen molar-refractivity contribution in [3.8, 4) is 0 Å². The minimum atomic E-state index is 0.238. The van der Waals surface area contributed by atoms with E-state index in [0.29, 0.717) is 30.0 Å². The molecule has 0 radical (unpaired) electrons. The van der Waals surface area contributed by atoms with Gasteiger partial charge in [0.25, 0.3) is 0 Å². The normalized spacial score (nSPS) is 48.4. The smallest absolute Gasteiger partial charge is 0.0597 e. The molecule has 2 N–H and O–H groups in total. The Hall–Kier alpha value is -0.120. The van der Waals surface area contributed by atoms with Crippen LogP contribution in [0.3, 0.4) is 0 Å². The fourth-order valence-electron chi connectivity index (χ4n) is 3.13. The first-order valence-electron chi connectivity index (χ1n) is 6.10. The molecule has 2 aliphatic heterocycles. The van der Waals surface area contributed by atoms with E-state index in [-0.39, 0.29) is 6.04 Å². The Morgan fingerprint density at radius 1 is 1.20 bits per heavy atom. The van der Waals surface area contributed by atoms with Gasteiger partial charge in [0.05, 0.1) is 18.8 Å². The fourth-order valence-corrected chi connectivity index (χ4v) is 3.13. The van der Waals surface area contributed by atoms with E-state index in [1.54, 1.807) is 0 Å². The summed E-state index contributed by atoms with van der Waals surface area (Å²) in [6.45, 7) is 8.28. The lowest BCUT2D eigenvalue weighted by atomic mass is 9.78. The molecule has 2 rings (SSSR count). The van der Waals surface area contributed by atoms with Crippen molar-refractivity contribution in [1.82, 2.24) is 0 Å². The summed E-state index contributed by atoms with van der Waals surface area (Å²) in [5.74, 6) is 1.59. The van der Waals surface area contributed by atoms with Crippen LogP contribution in [0, 0.1) is 17.8 Å². The van der Waals surface area contributed by atoms with Gasteiger partial charge < -0.3 is 15.2 Å². The molecule has 6 atom stereocenters. The van der Waals surface area contributed by atoms with E-state index in [4.69, 9.17) is 15.2 Å². The molecule has 0 aromatic rings. The molecule has 2 heterocycles. The molecule has 0 spiro atoms. The Bertz CT molecular complexity index is 216. The number of nitrogens with two attached hydrogens (primary N) is 1. The van der Waals surface area contributed by atoms with Crippen LogP contribution in [0.2, 0.25) is 0 Å². The van der Waals surface area contributed by atoms with Gasteiger partial charge in [-0.25, -0.2) is 0 Å². The van der Waals surface area contributed by atoms with Crippen LogP contribution in [0.25, 0.3) is 0 Å². The van der Waals surface area contributed by atoms with E-state index in [0.717, 1.165) is 19.6 Å². The highest BCUT2D eigenvalue weighted by Crippen LogP contribution is 2.37. The summed E-state index contributed by atoms with van der Waals surface area (Å²) in [6, 6.07) is 0.238. The van der Waals surface area contributed by atoms with Gasteiger partial charge in [0, 0.05) is 18.6 Å². The molecular formula is C12H23NO2. The molecule has 6 unspecified atom stereocenters. The molecule has 3 heteroatoms. The molecule has 3 nitrogen and oxygen atoms in total. The van der Waals surface area contributed by atoms with E-state index < -0.39 is 0 Å². The lowest BCUT2D eigenvalue weighted by molar-refractivity contribution is 0.0462. The Morgan fingerprint density at radius 3 is 2.40 bits per heavy atom. The molecule has 0 bridgehead atoms. The van der Waals surface area contributed by atoms with Gasteiger partial charge in [-0.15, -0.1) is 0 Å². The van der Waals surface area contributed by atoms with Crippen LogP contribution in [0.4, 0.5) is 0 Å². The van der Waals surface area contributed by atoms with Crippen LogP contribution in [0.1, 0.15) is 27.2 Å². The minimum Gasteiger partial charge on any atom is -0.381 e. The Balaban J connectivity index is 2.02. The van der Waals surface area contributed by atoms with Crippen LogP contribution in [0.5, 0.6) is 0 Å². The average molecular weight is 213 g/mol. The zero-order valence-electron chi connectivity index (χ0n) is 9.98. The van der Waals surface area contributed by atoms with Crippen LogP contribution in [-0.4, -0.2) is 31.5 Å². The van der Waals surface area contributed by atoms with Gasteiger partial charge >= 0.3 is 0 Å². The van der Waals surface area contributed by atoms with E-state index >= 15 is 0 Å². The van der Waals surface area contributed by atoms with Gasteiger partial charge in [-0.05, 0) is 32.1 Å². The molecule has 2 aliphatic rings. The molecule has 2 saturated heterocycles. The summed E-state index contributed by atoms with van der Waals surface area (Å²) in [5, 5.41) is 0. The third kappa shape index (κ3) is 2.05. The van der Waals surface area contributed by atoms with Crippen molar-refractivity contribution in [2.45, 2.75) is 45.4 Å². The molecule has 0 aromatic heterocycles. The topological polar surface area (TPSA) is 44.5 Å². The Labute approximate surface area is 92.3 Å². The maximum atomic E-state index is 6.37. The average Bonchev–Trinajstić information content (AvgIpc) is 2.76. The van der Waals surface area contributed by atoms with Gasteiger partial charge in [-0.1, -0.05) is 6.92 Å². The summed E-state index contributed by atoms with van der Waals surface area (Å²) in [5.41, 5.74) is 6.37. The summed E-state index contributed by atoms with van der Waals surface area (Å²) in [7, 11) is 0. The van der Waals surface area contributed by atoms with E-state index in [9.17, 15) is 0 Å². The van der Waals surface area contributed by atoms with Gasteiger partial charge in [0.2, 0.25) is 0 Å². The second kappa shape index (κ2) is 4.40.